The number of nitrogens with zero attached hydrogens (tertiary/aromatic N) is 1. The maximum absolute atomic E-state index is 13.3. The standard InChI is InChI=1S/C25H30Cl2N2O2S/c1-2-23(25(31)28-20-10-6-7-11-20)29(15-18-8-4-3-5-9-18)24(30)17-32-16-19-12-13-21(26)22(27)14-19/h3-5,8-9,12-14,20,23H,2,6-7,10-11,15-17H2,1H3,(H,28,31). The topological polar surface area (TPSA) is 49.4 Å². The van der Waals surface area contributed by atoms with Gasteiger partial charge in [0.15, 0.2) is 0 Å². The number of carbonyl (C=O) groups is 2. The molecule has 3 rings (SSSR count). The Morgan fingerprint density at radius 1 is 1.06 bits per heavy atom. The van der Waals surface area contributed by atoms with Gasteiger partial charge < -0.3 is 10.2 Å². The van der Waals surface area contributed by atoms with Crippen molar-refractivity contribution in [3.8, 4) is 0 Å². The SMILES string of the molecule is CCC(C(=O)NC1CCCC1)N(Cc1ccccc1)C(=O)CSCc1ccc(Cl)c(Cl)c1. The molecule has 1 N–H and O–H groups in total. The average molecular weight is 494 g/mol. The predicted molar refractivity (Wildman–Crippen MR) is 134 cm³/mol. The summed E-state index contributed by atoms with van der Waals surface area (Å²) in [6, 6.07) is 15.1. The van der Waals surface area contributed by atoms with Crippen LogP contribution in [-0.2, 0) is 21.9 Å². The summed E-state index contributed by atoms with van der Waals surface area (Å²) in [5.74, 6) is 0.859. The monoisotopic (exact) mass is 492 g/mol. The minimum atomic E-state index is -0.478. The van der Waals surface area contributed by atoms with Crippen LogP contribution in [0.1, 0.15) is 50.2 Å². The minimum absolute atomic E-state index is 0.0349. The van der Waals surface area contributed by atoms with Gasteiger partial charge in [-0.15, -0.1) is 11.8 Å². The second-order valence-electron chi connectivity index (χ2n) is 8.16. The zero-order valence-electron chi connectivity index (χ0n) is 18.4. The van der Waals surface area contributed by atoms with Crippen LogP contribution in [0.4, 0.5) is 0 Å². The summed E-state index contributed by atoms with van der Waals surface area (Å²) in [7, 11) is 0. The van der Waals surface area contributed by atoms with E-state index < -0.39 is 6.04 Å². The Morgan fingerprint density at radius 3 is 2.44 bits per heavy atom. The molecule has 0 heterocycles. The van der Waals surface area contributed by atoms with Crippen LogP contribution in [0.3, 0.4) is 0 Å². The lowest BCUT2D eigenvalue weighted by Crippen LogP contribution is -2.51. The molecule has 2 amide bonds. The van der Waals surface area contributed by atoms with E-state index in [1.54, 1.807) is 11.0 Å². The Balaban J connectivity index is 1.67. The van der Waals surface area contributed by atoms with E-state index in [9.17, 15) is 9.59 Å². The van der Waals surface area contributed by atoms with Crippen molar-refractivity contribution in [2.75, 3.05) is 5.75 Å². The zero-order valence-corrected chi connectivity index (χ0v) is 20.7. The summed E-state index contributed by atoms with van der Waals surface area (Å²) >= 11 is 13.6. The maximum atomic E-state index is 13.3. The molecule has 1 aliphatic carbocycles. The number of carbonyl (C=O) groups excluding carboxylic acids is 2. The van der Waals surface area contributed by atoms with Gasteiger partial charge in [0.1, 0.15) is 6.04 Å². The van der Waals surface area contributed by atoms with E-state index in [1.165, 1.54) is 11.8 Å². The summed E-state index contributed by atoms with van der Waals surface area (Å²) in [5.41, 5.74) is 2.03. The summed E-state index contributed by atoms with van der Waals surface area (Å²) in [5, 5.41) is 4.21. The molecule has 1 fully saturated rings. The van der Waals surface area contributed by atoms with E-state index in [0.29, 0.717) is 34.5 Å². The molecule has 32 heavy (non-hydrogen) atoms. The highest BCUT2D eigenvalue weighted by molar-refractivity contribution is 7.99. The molecule has 1 atom stereocenters. The Morgan fingerprint density at radius 2 is 1.78 bits per heavy atom. The molecule has 2 aromatic carbocycles. The number of amides is 2. The molecule has 0 spiro atoms. The largest absolute Gasteiger partial charge is 0.352 e. The van der Waals surface area contributed by atoms with E-state index in [1.807, 2.05) is 49.4 Å². The number of hydrogen-bond donors (Lipinski definition) is 1. The fourth-order valence-corrected chi connectivity index (χ4v) is 5.21. The van der Waals surface area contributed by atoms with Crippen LogP contribution in [0, 0.1) is 0 Å². The number of thioether (sulfide) groups is 1. The number of rotatable bonds is 10. The van der Waals surface area contributed by atoms with Crippen LogP contribution >= 0.6 is 35.0 Å². The van der Waals surface area contributed by atoms with Gasteiger partial charge in [0.05, 0.1) is 15.8 Å². The Kier molecular flexibility index (Phi) is 9.76. The molecular formula is C25H30Cl2N2O2S. The van der Waals surface area contributed by atoms with Crippen LogP contribution in [-0.4, -0.2) is 34.6 Å². The van der Waals surface area contributed by atoms with Crippen LogP contribution < -0.4 is 5.32 Å². The van der Waals surface area contributed by atoms with E-state index in [0.717, 1.165) is 36.8 Å². The first kappa shape index (κ1) is 24.9. The second kappa shape index (κ2) is 12.5. The third-order valence-electron chi connectivity index (χ3n) is 5.76. The van der Waals surface area contributed by atoms with Gasteiger partial charge in [-0.25, -0.2) is 0 Å². The first-order chi connectivity index (χ1) is 15.5. The summed E-state index contributed by atoms with van der Waals surface area (Å²) in [6.07, 6.45) is 4.93. The lowest BCUT2D eigenvalue weighted by molar-refractivity contribution is -0.139. The fraction of sp³-hybridized carbons (Fsp3) is 0.440. The van der Waals surface area contributed by atoms with Gasteiger partial charge in [0, 0.05) is 18.3 Å². The quantitative estimate of drug-likeness (QED) is 0.436. The van der Waals surface area contributed by atoms with E-state index in [-0.39, 0.29) is 17.9 Å². The van der Waals surface area contributed by atoms with Crippen molar-refractivity contribution >= 4 is 46.8 Å². The van der Waals surface area contributed by atoms with Gasteiger partial charge in [-0.3, -0.25) is 9.59 Å². The first-order valence-electron chi connectivity index (χ1n) is 11.1. The molecule has 172 valence electrons. The van der Waals surface area contributed by atoms with Gasteiger partial charge in [0.2, 0.25) is 11.8 Å². The Labute approximate surface area is 205 Å². The van der Waals surface area contributed by atoms with Crippen molar-refractivity contribution in [3.05, 3.63) is 69.7 Å². The highest BCUT2D eigenvalue weighted by atomic mass is 35.5. The second-order valence-corrected chi connectivity index (χ2v) is 9.96. The number of benzene rings is 2. The lowest BCUT2D eigenvalue weighted by atomic mass is 10.1. The van der Waals surface area contributed by atoms with Crippen molar-refractivity contribution < 1.29 is 9.59 Å². The number of nitrogens with one attached hydrogen (secondary N) is 1. The highest BCUT2D eigenvalue weighted by Gasteiger charge is 2.30. The summed E-state index contributed by atoms with van der Waals surface area (Å²) < 4.78 is 0. The smallest absolute Gasteiger partial charge is 0.243 e. The number of halogens is 2. The van der Waals surface area contributed by atoms with E-state index in [2.05, 4.69) is 5.32 Å². The number of hydrogen-bond acceptors (Lipinski definition) is 3. The third-order valence-corrected chi connectivity index (χ3v) is 7.49. The van der Waals surface area contributed by atoms with Crippen LogP contribution in [0.15, 0.2) is 48.5 Å². The molecule has 0 bridgehead atoms. The molecule has 2 aromatic rings. The lowest BCUT2D eigenvalue weighted by Gasteiger charge is -2.31. The van der Waals surface area contributed by atoms with Crippen LogP contribution in [0.2, 0.25) is 10.0 Å². The molecule has 1 saturated carbocycles. The van der Waals surface area contributed by atoms with Crippen LogP contribution in [0.25, 0.3) is 0 Å². The van der Waals surface area contributed by atoms with E-state index >= 15 is 0 Å². The Bertz CT molecular complexity index is 904. The first-order valence-corrected chi connectivity index (χ1v) is 13.0. The van der Waals surface area contributed by atoms with Gasteiger partial charge in [0.25, 0.3) is 0 Å². The fourth-order valence-electron chi connectivity index (χ4n) is 4.04. The van der Waals surface area contributed by atoms with Gasteiger partial charge in [-0.05, 0) is 42.5 Å². The van der Waals surface area contributed by atoms with Gasteiger partial charge in [-0.2, -0.15) is 0 Å². The predicted octanol–water partition coefficient (Wildman–Crippen LogP) is 6.09. The molecule has 0 aliphatic heterocycles. The zero-order chi connectivity index (χ0) is 22.9. The summed E-state index contributed by atoms with van der Waals surface area (Å²) in [6.45, 7) is 2.39. The van der Waals surface area contributed by atoms with Gasteiger partial charge in [-0.1, -0.05) is 79.4 Å². The average Bonchev–Trinajstić information content (AvgIpc) is 3.29. The van der Waals surface area contributed by atoms with Crippen molar-refractivity contribution in [1.29, 1.82) is 0 Å². The van der Waals surface area contributed by atoms with Crippen molar-refractivity contribution in [1.82, 2.24) is 10.2 Å². The van der Waals surface area contributed by atoms with Crippen molar-refractivity contribution in [3.63, 3.8) is 0 Å². The van der Waals surface area contributed by atoms with Crippen LogP contribution in [0.5, 0.6) is 0 Å². The normalized spacial score (nSPS) is 14.8. The molecule has 0 radical (unpaired) electrons. The molecule has 1 aliphatic rings. The minimum Gasteiger partial charge on any atom is -0.352 e. The highest BCUT2D eigenvalue weighted by Crippen LogP contribution is 2.25. The summed E-state index contributed by atoms with van der Waals surface area (Å²) in [4.78, 5) is 28.1. The molecule has 7 heteroatoms. The van der Waals surface area contributed by atoms with Crippen molar-refractivity contribution in [2.45, 2.75) is 63.4 Å². The van der Waals surface area contributed by atoms with Crippen molar-refractivity contribution in [2.24, 2.45) is 0 Å². The third kappa shape index (κ3) is 7.16. The molecular weight excluding hydrogens is 463 g/mol. The molecule has 0 saturated heterocycles. The van der Waals surface area contributed by atoms with Gasteiger partial charge >= 0.3 is 0 Å². The molecule has 0 aromatic heterocycles. The maximum Gasteiger partial charge on any atom is 0.243 e. The Hall–Kier alpha value is -1.69. The molecule has 4 nitrogen and oxygen atoms in total. The van der Waals surface area contributed by atoms with E-state index in [4.69, 9.17) is 23.2 Å². The molecule has 1 unspecified atom stereocenters.